The van der Waals surface area contributed by atoms with E-state index in [0.717, 1.165) is 49.0 Å². The molecule has 38 heavy (non-hydrogen) atoms. The van der Waals surface area contributed by atoms with Gasteiger partial charge in [0.2, 0.25) is 11.8 Å². The van der Waals surface area contributed by atoms with Crippen molar-refractivity contribution in [3.63, 3.8) is 0 Å². The SMILES string of the molecule is O=C1CCC(N2Cc3cc(OC4CCCCC4)ccc3C2=O)C(=O)N1.c1nc(C2CNC2)ncc1C1CC1. The zero-order valence-corrected chi connectivity index (χ0v) is 21.7. The number of rotatable bonds is 5. The monoisotopic (exact) mass is 517 g/mol. The Bertz CT molecular complexity index is 1200. The van der Waals surface area contributed by atoms with Gasteiger partial charge in [0.15, 0.2) is 0 Å². The van der Waals surface area contributed by atoms with Gasteiger partial charge in [-0.05, 0) is 80.2 Å². The van der Waals surface area contributed by atoms with Crippen LogP contribution in [0, 0.1) is 0 Å². The largest absolute Gasteiger partial charge is 0.490 e. The molecule has 200 valence electrons. The van der Waals surface area contributed by atoms with Gasteiger partial charge in [-0.3, -0.25) is 19.7 Å². The Morgan fingerprint density at radius 2 is 1.66 bits per heavy atom. The molecule has 2 N–H and O–H groups in total. The molecule has 3 amide bonds. The van der Waals surface area contributed by atoms with E-state index in [1.54, 1.807) is 11.0 Å². The van der Waals surface area contributed by atoms with Crippen LogP contribution in [0.4, 0.5) is 0 Å². The lowest BCUT2D eigenvalue weighted by molar-refractivity contribution is -0.136. The summed E-state index contributed by atoms with van der Waals surface area (Å²) in [5.41, 5.74) is 2.85. The number of benzene rings is 1. The molecule has 4 heterocycles. The van der Waals surface area contributed by atoms with Crippen LogP contribution >= 0.6 is 0 Å². The molecule has 4 fully saturated rings. The first-order valence-corrected chi connectivity index (χ1v) is 14.0. The predicted molar refractivity (Wildman–Crippen MR) is 140 cm³/mol. The maximum Gasteiger partial charge on any atom is 0.255 e. The second kappa shape index (κ2) is 10.8. The molecule has 0 spiro atoms. The quantitative estimate of drug-likeness (QED) is 0.586. The number of nitrogens with one attached hydrogen (secondary N) is 2. The molecule has 0 bridgehead atoms. The zero-order valence-electron chi connectivity index (χ0n) is 21.7. The molecule has 1 aromatic carbocycles. The first-order valence-electron chi connectivity index (χ1n) is 14.0. The number of hydrogen-bond donors (Lipinski definition) is 2. The van der Waals surface area contributed by atoms with Crippen LogP contribution in [0.5, 0.6) is 5.75 Å². The third-order valence-electron chi connectivity index (χ3n) is 8.24. The van der Waals surface area contributed by atoms with Crippen LogP contribution in [0.2, 0.25) is 0 Å². The minimum Gasteiger partial charge on any atom is -0.490 e. The third kappa shape index (κ3) is 5.43. The summed E-state index contributed by atoms with van der Waals surface area (Å²) < 4.78 is 6.08. The van der Waals surface area contributed by atoms with Gasteiger partial charge in [0.1, 0.15) is 17.6 Å². The Kier molecular flexibility index (Phi) is 7.10. The first kappa shape index (κ1) is 25.0. The van der Waals surface area contributed by atoms with Gasteiger partial charge in [-0.2, -0.15) is 0 Å². The highest BCUT2D eigenvalue weighted by molar-refractivity contribution is 6.05. The Hall–Kier alpha value is -3.33. The fraction of sp³-hybridized carbons (Fsp3) is 0.552. The summed E-state index contributed by atoms with van der Waals surface area (Å²) in [6.45, 7) is 2.48. The molecule has 2 aromatic rings. The number of carbonyl (C=O) groups excluding carboxylic acids is 3. The van der Waals surface area contributed by atoms with E-state index >= 15 is 0 Å². The predicted octanol–water partition coefficient (Wildman–Crippen LogP) is 3.20. The van der Waals surface area contributed by atoms with E-state index in [9.17, 15) is 14.4 Å². The zero-order chi connectivity index (χ0) is 26.1. The summed E-state index contributed by atoms with van der Waals surface area (Å²) in [4.78, 5) is 46.4. The van der Waals surface area contributed by atoms with Crippen LogP contribution in [-0.2, 0) is 16.1 Å². The van der Waals surface area contributed by atoms with E-state index in [0.29, 0.717) is 24.4 Å². The highest BCUT2D eigenvalue weighted by Gasteiger charge is 2.39. The van der Waals surface area contributed by atoms with E-state index < -0.39 is 6.04 Å². The Morgan fingerprint density at radius 3 is 2.32 bits per heavy atom. The smallest absolute Gasteiger partial charge is 0.255 e. The number of piperidine rings is 1. The van der Waals surface area contributed by atoms with Crippen molar-refractivity contribution in [1.82, 2.24) is 25.5 Å². The summed E-state index contributed by atoms with van der Waals surface area (Å²) >= 11 is 0. The van der Waals surface area contributed by atoms with Crippen molar-refractivity contribution < 1.29 is 19.1 Å². The second-order valence-electron chi connectivity index (χ2n) is 11.1. The van der Waals surface area contributed by atoms with Crippen LogP contribution in [0.3, 0.4) is 0 Å². The van der Waals surface area contributed by atoms with Crippen molar-refractivity contribution in [3.05, 3.63) is 53.1 Å². The summed E-state index contributed by atoms with van der Waals surface area (Å²) in [5.74, 6) is 2.35. The van der Waals surface area contributed by atoms with Crippen molar-refractivity contribution in [2.75, 3.05) is 13.1 Å². The molecular weight excluding hydrogens is 482 g/mol. The van der Waals surface area contributed by atoms with Crippen molar-refractivity contribution in [2.45, 2.75) is 88.3 Å². The van der Waals surface area contributed by atoms with Gasteiger partial charge in [0.05, 0.1) is 6.10 Å². The number of fused-ring (bicyclic) bond motifs is 1. The number of imide groups is 1. The lowest BCUT2D eigenvalue weighted by atomic mass is 9.98. The van der Waals surface area contributed by atoms with Crippen molar-refractivity contribution in [1.29, 1.82) is 0 Å². The van der Waals surface area contributed by atoms with Crippen LogP contribution in [0.15, 0.2) is 30.6 Å². The lowest BCUT2D eigenvalue weighted by Gasteiger charge is -2.29. The molecule has 2 saturated carbocycles. The summed E-state index contributed by atoms with van der Waals surface area (Å²) in [7, 11) is 0. The van der Waals surface area contributed by atoms with Crippen molar-refractivity contribution >= 4 is 17.7 Å². The average Bonchev–Trinajstić information content (AvgIpc) is 3.69. The standard InChI is InChI=1S/C19H22N2O4.C10H13N3/c22-17-9-8-16(18(23)20-17)21-11-12-10-14(6-7-15(12)19(21)24)25-13-4-2-1-3-5-13;1-2-7(1)8-5-12-10(13-6-8)9-3-11-4-9/h6-7,10,13,16H,1-5,8-9,11H2,(H,20,22,23);5-7,9,11H,1-4H2. The minimum absolute atomic E-state index is 0.145. The maximum absolute atomic E-state index is 12.6. The number of nitrogens with zero attached hydrogens (tertiary/aromatic N) is 3. The number of aromatic nitrogens is 2. The number of carbonyl (C=O) groups is 3. The van der Waals surface area contributed by atoms with Crippen LogP contribution in [-0.4, -0.2) is 57.8 Å². The Balaban J connectivity index is 0.000000169. The molecular formula is C29H35N5O4. The molecule has 1 atom stereocenters. The third-order valence-corrected chi connectivity index (χ3v) is 8.24. The van der Waals surface area contributed by atoms with Crippen molar-refractivity contribution in [2.24, 2.45) is 0 Å². The number of hydrogen-bond acceptors (Lipinski definition) is 7. The van der Waals surface area contributed by atoms with E-state index in [-0.39, 0.29) is 30.2 Å². The highest BCUT2D eigenvalue weighted by Crippen LogP contribution is 2.39. The van der Waals surface area contributed by atoms with Gasteiger partial charge in [-0.25, -0.2) is 9.97 Å². The Morgan fingerprint density at radius 1 is 0.895 bits per heavy atom. The molecule has 0 radical (unpaired) electrons. The average molecular weight is 518 g/mol. The van der Waals surface area contributed by atoms with Gasteiger partial charge in [-0.1, -0.05) is 6.42 Å². The fourth-order valence-corrected chi connectivity index (χ4v) is 5.66. The summed E-state index contributed by atoms with van der Waals surface area (Å²) in [5, 5.41) is 5.55. The molecule has 1 aromatic heterocycles. The summed E-state index contributed by atoms with van der Waals surface area (Å²) in [6.07, 6.45) is 13.4. The van der Waals surface area contributed by atoms with Gasteiger partial charge in [-0.15, -0.1) is 0 Å². The fourth-order valence-electron chi connectivity index (χ4n) is 5.66. The van der Waals surface area contributed by atoms with Gasteiger partial charge >= 0.3 is 0 Å². The second-order valence-corrected chi connectivity index (χ2v) is 11.1. The van der Waals surface area contributed by atoms with Gasteiger partial charge in [0.25, 0.3) is 5.91 Å². The van der Waals surface area contributed by atoms with Crippen molar-refractivity contribution in [3.8, 4) is 5.75 Å². The molecule has 2 aliphatic carbocycles. The molecule has 9 nitrogen and oxygen atoms in total. The highest BCUT2D eigenvalue weighted by atomic mass is 16.5. The van der Waals surface area contributed by atoms with Crippen LogP contribution in [0.1, 0.15) is 96.9 Å². The molecule has 7 rings (SSSR count). The normalized spacial score (nSPS) is 23.7. The van der Waals surface area contributed by atoms with E-state index in [1.807, 2.05) is 24.5 Å². The number of amides is 3. The van der Waals surface area contributed by atoms with Crippen LogP contribution < -0.4 is 15.4 Å². The molecule has 9 heteroatoms. The first-order chi connectivity index (χ1) is 18.5. The lowest BCUT2D eigenvalue weighted by Crippen LogP contribution is -2.52. The molecule has 3 aliphatic heterocycles. The van der Waals surface area contributed by atoms with E-state index in [4.69, 9.17) is 4.74 Å². The minimum atomic E-state index is -0.569. The number of ether oxygens (including phenoxy) is 1. The van der Waals surface area contributed by atoms with Gasteiger partial charge < -0.3 is 15.0 Å². The molecule has 1 unspecified atom stereocenters. The van der Waals surface area contributed by atoms with E-state index in [2.05, 4.69) is 20.6 Å². The van der Waals surface area contributed by atoms with Crippen LogP contribution in [0.25, 0.3) is 0 Å². The molecule has 2 saturated heterocycles. The van der Waals surface area contributed by atoms with Gasteiger partial charge in [0, 0.05) is 49.9 Å². The summed E-state index contributed by atoms with van der Waals surface area (Å²) in [6, 6.07) is 5.00. The van der Waals surface area contributed by atoms with E-state index in [1.165, 1.54) is 37.7 Å². The topological polar surface area (TPSA) is 114 Å². The molecule has 5 aliphatic rings. The maximum atomic E-state index is 12.6. The Labute approximate surface area is 222 Å².